The molecule has 0 heterocycles. The lowest BCUT2D eigenvalue weighted by molar-refractivity contribution is 0.369. The highest BCUT2D eigenvalue weighted by Crippen LogP contribution is 2.45. The summed E-state index contributed by atoms with van der Waals surface area (Å²) in [4.78, 5) is 0. The Morgan fingerprint density at radius 3 is 2.67 bits per heavy atom. The second kappa shape index (κ2) is 4.93. The van der Waals surface area contributed by atoms with E-state index in [2.05, 4.69) is 32.9 Å². The topological polar surface area (TPSA) is 35.2 Å². The summed E-state index contributed by atoms with van der Waals surface area (Å²) in [6, 6.07) is 4.32. The molecule has 0 radical (unpaired) electrons. The molecule has 2 rings (SSSR count). The molecule has 0 bridgehead atoms. The molecule has 18 heavy (non-hydrogen) atoms. The van der Waals surface area contributed by atoms with Gasteiger partial charge in [-0.25, -0.2) is 0 Å². The van der Waals surface area contributed by atoms with Crippen LogP contribution in [0.15, 0.2) is 12.1 Å². The van der Waals surface area contributed by atoms with Gasteiger partial charge in [0.25, 0.3) is 0 Å². The Kier molecular flexibility index (Phi) is 3.67. The Bertz CT molecular complexity index is 441. The second-order valence-corrected chi connectivity index (χ2v) is 5.83. The molecule has 2 N–H and O–H groups in total. The first kappa shape index (κ1) is 13.4. The van der Waals surface area contributed by atoms with Crippen molar-refractivity contribution in [1.82, 2.24) is 0 Å². The van der Waals surface area contributed by atoms with E-state index in [1.807, 2.05) is 0 Å². The summed E-state index contributed by atoms with van der Waals surface area (Å²) in [5.74, 6) is 1.73. The maximum atomic E-state index is 6.69. The van der Waals surface area contributed by atoms with Gasteiger partial charge in [0.05, 0.1) is 7.11 Å². The minimum absolute atomic E-state index is 0.191. The number of benzene rings is 1. The van der Waals surface area contributed by atoms with Crippen molar-refractivity contribution in [3.05, 3.63) is 28.8 Å². The van der Waals surface area contributed by atoms with E-state index in [0.717, 1.165) is 24.5 Å². The monoisotopic (exact) mass is 247 g/mol. The van der Waals surface area contributed by atoms with E-state index in [1.54, 1.807) is 7.11 Å². The number of hydrogen-bond acceptors (Lipinski definition) is 2. The van der Waals surface area contributed by atoms with E-state index < -0.39 is 0 Å². The highest BCUT2D eigenvalue weighted by atomic mass is 16.5. The molecule has 1 aliphatic carbocycles. The van der Waals surface area contributed by atoms with Crippen LogP contribution in [0.5, 0.6) is 5.75 Å². The number of hydrogen-bond donors (Lipinski definition) is 1. The van der Waals surface area contributed by atoms with Crippen molar-refractivity contribution in [2.24, 2.45) is 11.7 Å². The summed E-state index contributed by atoms with van der Waals surface area (Å²) < 4.78 is 5.57. The number of methoxy groups -OCH3 is 1. The second-order valence-electron chi connectivity index (χ2n) is 5.83. The van der Waals surface area contributed by atoms with Crippen molar-refractivity contribution in [2.75, 3.05) is 7.11 Å². The van der Waals surface area contributed by atoms with Crippen molar-refractivity contribution < 1.29 is 4.74 Å². The van der Waals surface area contributed by atoms with Gasteiger partial charge in [-0.3, -0.25) is 0 Å². The molecule has 2 heteroatoms. The van der Waals surface area contributed by atoms with Gasteiger partial charge in [0.1, 0.15) is 5.75 Å². The van der Waals surface area contributed by atoms with Crippen LogP contribution in [0.25, 0.3) is 0 Å². The van der Waals surface area contributed by atoms with Crippen LogP contribution in [0.3, 0.4) is 0 Å². The molecule has 1 saturated carbocycles. The van der Waals surface area contributed by atoms with Crippen molar-refractivity contribution >= 4 is 0 Å². The van der Waals surface area contributed by atoms with Gasteiger partial charge in [-0.1, -0.05) is 19.4 Å². The van der Waals surface area contributed by atoms with Crippen LogP contribution in [0, 0.1) is 19.8 Å². The van der Waals surface area contributed by atoms with Crippen molar-refractivity contribution in [2.45, 2.75) is 52.0 Å². The Morgan fingerprint density at radius 1 is 1.39 bits per heavy atom. The van der Waals surface area contributed by atoms with Crippen molar-refractivity contribution in [3.8, 4) is 5.75 Å². The maximum Gasteiger partial charge on any atom is 0.124 e. The Morgan fingerprint density at radius 2 is 2.11 bits per heavy atom. The SMILES string of the molecule is CCC1CCC(N)(c2c(C)cc(C)cc2OC)C1. The van der Waals surface area contributed by atoms with Crippen LogP contribution in [0.1, 0.15) is 49.3 Å². The largest absolute Gasteiger partial charge is 0.496 e. The van der Waals surface area contributed by atoms with Gasteiger partial charge >= 0.3 is 0 Å². The molecule has 1 aromatic rings. The normalized spacial score (nSPS) is 27.5. The fraction of sp³-hybridized carbons (Fsp3) is 0.625. The summed E-state index contributed by atoms with van der Waals surface area (Å²) >= 11 is 0. The first-order valence-corrected chi connectivity index (χ1v) is 6.94. The molecule has 1 fully saturated rings. The zero-order chi connectivity index (χ0) is 13.3. The van der Waals surface area contributed by atoms with E-state index in [9.17, 15) is 0 Å². The third kappa shape index (κ3) is 2.26. The van der Waals surface area contributed by atoms with Crippen LogP contribution >= 0.6 is 0 Å². The summed E-state index contributed by atoms with van der Waals surface area (Å²) in [6.07, 6.45) is 4.63. The molecule has 0 aromatic heterocycles. The van der Waals surface area contributed by atoms with Crippen LogP contribution < -0.4 is 10.5 Å². The summed E-state index contributed by atoms with van der Waals surface area (Å²) in [5, 5.41) is 0. The van der Waals surface area contributed by atoms with Gasteiger partial charge in [0.2, 0.25) is 0 Å². The van der Waals surface area contributed by atoms with E-state index in [-0.39, 0.29) is 5.54 Å². The molecule has 2 nitrogen and oxygen atoms in total. The highest BCUT2D eigenvalue weighted by molar-refractivity contribution is 5.47. The van der Waals surface area contributed by atoms with Gasteiger partial charge in [-0.15, -0.1) is 0 Å². The quantitative estimate of drug-likeness (QED) is 0.884. The third-order valence-corrected chi connectivity index (χ3v) is 4.39. The maximum absolute atomic E-state index is 6.69. The van der Waals surface area contributed by atoms with E-state index in [1.165, 1.54) is 29.5 Å². The Labute approximate surface area is 111 Å². The lowest BCUT2D eigenvalue weighted by Crippen LogP contribution is -2.35. The van der Waals surface area contributed by atoms with Gasteiger partial charge in [0, 0.05) is 11.1 Å². The molecule has 0 saturated heterocycles. The molecule has 1 aromatic carbocycles. The molecule has 0 spiro atoms. The first-order valence-electron chi connectivity index (χ1n) is 6.94. The standard InChI is InChI=1S/C16H25NO/c1-5-13-6-7-16(17,10-13)15-12(3)8-11(2)9-14(15)18-4/h8-9,13H,5-7,10,17H2,1-4H3. The van der Waals surface area contributed by atoms with Gasteiger partial charge in [-0.2, -0.15) is 0 Å². The molecule has 0 aliphatic heterocycles. The zero-order valence-corrected chi connectivity index (χ0v) is 12.0. The number of ether oxygens (including phenoxy) is 1. The predicted octanol–water partition coefficient (Wildman–Crippen LogP) is 3.68. The van der Waals surface area contributed by atoms with Crippen molar-refractivity contribution in [3.63, 3.8) is 0 Å². The summed E-state index contributed by atoms with van der Waals surface area (Å²) in [6.45, 7) is 6.51. The van der Waals surface area contributed by atoms with Crippen LogP contribution in [-0.4, -0.2) is 7.11 Å². The van der Waals surface area contributed by atoms with Gasteiger partial charge in [-0.05, 0) is 56.2 Å². The Hall–Kier alpha value is -1.02. The number of rotatable bonds is 3. The third-order valence-electron chi connectivity index (χ3n) is 4.39. The number of aryl methyl sites for hydroxylation is 2. The minimum Gasteiger partial charge on any atom is -0.496 e. The van der Waals surface area contributed by atoms with Crippen LogP contribution in [0.4, 0.5) is 0 Å². The average Bonchev–Trinajstić information content (AvgIpc) is 2.70. The minimum atomic E-state index is -0.191. The molecular weight excluding hydrogens is 222 g/mol. The molecule has 2 atom stereocenters. The van der Waals surface area contributed by atoms with E-state index in [0.29, 0.717) is 0 Å². The predicted molar refractivity (Wildman–Crippen MR) is 76.0 cm³/mol. The van der Waals surface area contributed by atoms with E-state index in [4.69, 9.17) is 10.5 Å². The fourth-order valence-electron chi connectivity index (χ4n) is 3.48. The summed E-state index contributed by atoms with van der Waals surface area (Å²) in [5.41, 5.74) is 10.2. The van der Waals surface area contributed by atoms with Crippen LogP contribution in [-0.2, 0) is 5.54 Å². The lowest BCUT2D eigenvalue weighted by Gasteiger charge is -2.29. The van der Waals surface area contributed by atoms with E-state index >= 15 is 0 Å². The first-order chi connectivity index (χ1) is 8.50. The summed E-state index contributed by atoms with van der Waals surface area (Å²) in [7, 11) is 1.74. The lowest BCUT2D eigenvalue weighted by atomic mass is 9.84. The highest BCUT2D eigenvalue weighted by Gasteiger charge is 2.39. The van der Waals surface area contributed by atoms with Crippen LogP contribution in [0.2, 0.25) is 0 Å². The fourth-order valence-corrected chi connectivity index (χ4v) is 3.48. The molecule has 1 aliphatic rings. The molecule has 100 valence electrons. The molecule has 0 amide bonds. The Balaban J connectivity index is 2.44. The molecular formula is C16H25NO. The van der Waals surface area contributed by atoms with Crippen molar-refractivity contribution in [1.29, 1.82) is 0 Å². The van der Waals surface area contributed by atoms with Gasteiger partial charge in [0.15, 0.2) is 0 Å². The average molecular weight is 247 g/mol. The van der Waals surface area contributed by atoms with Gasteiger partial charge < -0.3 is 10.5 Å². The zero-order valence-electron chi connectivity index (χ0n) is 12.0. The number of nitrogens with two attached hydrogens (primary N) is 1. The molecule has 2 unspecified atom stereocenters. The smallest absolute Gasteiger partial charge is 0.124 e.